The molecule has 3 aromatic carbocycles. The number of hydrogen-bond donors (Lipinski definition) is 2. The highest BCUT2D eigenvalue weighted by atomic mass is 19.4. The first-order chi connectivity index (χ1) is 19.2. The number of rotatable bonds is 7. The summed E-state index contributed by atoms with van der Waals surface area (Å²) in [7, 11) is 0. The maximum Gasteiger partial charge on any atom is 0.573 e. The molecule has 0 fully saturated rings. The molecule has 0 saturated heterocycles. The van der Waals surface area contributed by atoms with E-state index in [1.807, 2.05) is 36.6 Å². The van der Waals surface area contributed by atoms with E-state index in [1.54, 1.807) is 36.7 Å². The van der Waals surface area contributed by atoms with E-state index in [9.17, 15) is 18.0 Å². The average molecular weight is 549 g/mol. The standard InChI is InChI=1S/C27H23F3N8O2/c1-17(2)37-16-32-35-25(37)22-5-3-4-6-23(22)34-26(39)33-19-9-7-18(8-10-19)24-31-15-38(36-24)20-11-13-21(14-12-20)40-27(28,29)30/h3-17H,1-2H3,(H2,33,34,39). The van der Waals surface area contributed by atoms with Crippen LogP contribution in [0.25, 0.3) is 28.5 Å². The van der Waals surface area contributed by atoms with Gasteiger partial charge in [0.2, 0.25) is 0 Å². The Morgan fingerprint density at radius 1 is 0.925 bits per heavy atom. The van der Waals surface area contributed by atoms with Crippen molar-refractivity contribution in [1.29, 1.82) is 0 Å². The number of alkyl halides is 3. The van der Waals surface area contributed by atoms with Crippen molar-refractivity contribution in [2.24, 2.45) is 0 Å². The van der Waals surface area contributed by atoms with E-state index in [-0.39, 0.29) is 11.8 Å². The van der Waals surface area contributed by atoms with E-state index in [0.29, 0.717) is 34.3 Å². The molecule has 5 rings (SSSR count). The third kappa shape index (κ3) is 6.09. The number of nitrogens with zero attached hydrogens (tertiary/aromatic N) is 6. The van der Waals surface area contributed by atoms with Gasteiger partial charge in [0.05, 0.1) is 11.4 Å². The second-order valence-corrected chi connectivity index (χ2v) is 8.91. The summed E-state index contributed by atoms with van der Waals surface area (Å²) < 4.78 is 44.4. The molecule has 0 bridgehead atoms. The molecule has 0 unspecified atom stereocenters. The lowest BCUT2D eigenvalue weighted by Gasteiger charge is -2.14. The number of hydrogen-bond acceptors (Lipinski definition) is 6. The van der Waals surface area contributed by atoms with Crippen LogP contribution in [0.2, 0.25) is 0 Å². The van der Waals surface area contributed by atoms with Crippen LogP contribution in [0, 0.1) is 0 Å². The van der Waals surface area contributed by atoms with Gasteiger partial charge in [-0.1, -0.05) is 12.1 Å². The summed E-state index contributed by atoms with van der Waals surface area (Å²) >= 11 is 0. The van der Waals surface area contributed by atoms with Crippen molar-refractivity contribution in [3.05, 3.63) is 85.5 Å². The molecule has 5 aromatic rings. The minimum Gasteiger partial charge on any atom is -0.406 e. The summed E-state index contributed by atoms with van der Waals surface area (Å²) in [5, 5.41) is 18.3. The molecular weight excluding hydrogens is 525 g/mol. The number of amides is 2. The van der Waals surface area contributed by atoms with E-state index in [2.05, 4.69) is 35.7 Å². The summed E-state index contributed by atoms with van der Waals surface area (Å²) in [5.41, 5.74) is 3.06. The van der Waals surface area contributed by atoms with Crippen molar-refractivity contribution < 1.29 is 22.7 Å². The maximum absolute atomic E-state index is 12.8. The Morgan fingerprint density at radius 3 is 2.35 bits per heavy atom. The van der Waals surface area contributed by atoms with Crippen LogP contribution in [0.15, 0.2) is 85.5 Å². The van der Waals surface area contributed by atoms with Crippen molar-refractivity contribution in [3.63, 3.8) is 0 Å². The molecule has 0 radical (unpaired) electrons. The predicted molar refractivity (Wildman–Crippen MR) is 142 cm³/mol. The van der Waals surface area contributed by atoms with Gasteiger partial charge in [-0.3, -0.25) is 0 Å². The number of carbonyl (C=O) groups excluding carboxylic acids is 1. The molecule has 0 atom stereocenters. The van der Waals surface area contributed by atoms with Crippen molar-refractivity contribution in [2.45, 2.75) is 26.3 Å². The van der Waals surface area contributed by atoms with E-state index < -0.39 is 12.4 Å². The number of ether oxygens (including phenoxy) is 1. The molecule has 0 saturated carbocycles. The number of benzene rings is 3. The van der Waals surface area contributed by atoms with Crippen molar-refractivity contribution in [2.75, 3.05) is 10.6 Å². The highest BCUT2D eigenvalue weighted by molar-refractivity contribution is 6.02. The molecule has 10 nitrogen and oxygen atoms in total. The van der Waals surface area contributed by atoms with E-state index in [1.165, 1.54) is 35.3 Å². The zero-order chi connectivity index (χ0) is 28.3. The SMILES string of the molecule is CC(C)n1cnnc1-c1ccccc1NC(=O)Nc1ccc(-c2ncn(-c3ccc(OC(F)(F)F)cc3)n2)cc1. The first kappa shape index (κ1) is 26.4. The highest BCUT2D eigenvalue weighted by Gasteiger charge is 2.31. The molecule has 0 aliphatic heterocycles. The Morgan fingerprint density at radius 2 is 1.65 bits per heavy atom. The topological polar surface area (TPSA) is 112 Å². The van der Waals surface area contributed by atoms with Crippen LogP contribution in [0.1, 0.15) is 19.9 Å². The highest BCUT2D eigenvalue weighted by Crippen LogP contribution is 2.28. The van der Waals surface area contributed by atoms with Crippen molar-refractivity contribution in [1.82, 2.24) is 29.5 Å². The number of nitrogens with one attached hydrogen (secondary N) is 2. The molecule has 2 aromatic heterocycles. The molecule has 0 aliphatic rings. The van der Waals surface area contributed by atoms with Gasteiger partial charge >= 0.3 is 12.4 Å². The van der Waals surface area contributed by atoms with Gasteiger partial charge in [0.15, 0.2) is 11.6 Å². The van der Waals surface area contributed by atoms with Gasteiger partial charge in [-0.05, 0) is 74.5 Å². The van der Waals surface area contributed by atoms with Crippen LogP contribution < -0.4 is 15.4 Å². The summed E-state index contributed by atoms with van der Waals surface area (Å²) in [6, 6.07) is 19.2. The van der Waals surface area contributed by atoms with Crippen molar-refractivity contribution in [3.8, 4) is 34.2 Å². The fourth-order valence-electron chi connectivity index (χ4n) is 3.91. The Balaban J connectivity index is 1.24. The largest absolute Gasteiger partial charge is 0.573 e. The second kappa shape index (κ2) is 10.9. The summed E-state index contributed by atoms with van der Waals surface area (Å²) in [5.74, 6) is 0.716. The number of para-hydroxylation sites is 1. The second-order valence-electron chi connectivity index (χ2n) is 8.91. The molecular formula is C27H23F3N8O2. The minimum atomic E-state index is -4.76. The third-order valence-corrected chi connectivity index (χ3v) is 5.77. The van der Waals surface area contributed by atoms with E-state index in [4.69, 9.17) is 0 Å². The summed E-state index contributed by atoms with van der Waals surface area (Å²) in [6.07, 6.45) is -1.66. The van der Waals surface area contributed by atoms with Gasteiger partial charge in [-0.25, -0.2) is 14.5 Å². The minimum absolute atomic E-state index is 0.143. The van der Waals surface area contributed by atoms with Crippen LogP contribution in [0.4, 0.5) is 29.3 Å². The van der Waals surface area contributed by atoms with Gasteiger partial charge in [0.1, 0.15) is 18.4 Å². The molecule has 40 heavy (non-hydrogen) atoms. The normalized spacial score (nSPS) is 11.4. The summed E-state index contributed by atoms with van der Waals surface area (Å²) in [4.78, 5) is 17.0. The monoisotopic (exact) mass is 548 g/mol. The summed E-state index contributed by atoms with van der Waals surface area (Å²) in [6.45, 7) is 4.04. The number of aromatic nitrogens is 6. The number of carbonyl (C=O) groups is 1. The first-order valence-corrected chi connectivity index (χ1v) is 12.1. The maximum atomic E-state index is 12.8. The Hall–Kier alpha value is -5.20. The fourth-order valence-corrected chi connectivity index (χ4v) is 3.91. The van der Waals surface area contributed by atoms with Crippen LogP contribution in [-0.4, -0.2) is 41.9 Å². The van der Waals surface area contributed by atoms with Crippen LogP contribution >= 0.6 is 0 Å². The number of halogens is 3. The molecule has 2 N–H and O–H groups in total. The smallest absolute Gasteiger partial charge is 0.406 e. The Bertz CT molecular complexity index is 1610. The quantitative estimate of drug-likeness (QED) is 0.246. The molecule has 0 spiro atoms. The van der Waals surface area contributed by atoms with Gasteiger partial charge in [0, 0.05) is 22.9 Å². The lowest BCUT2D eigenvalue weighted by molar-refractivity contribution is -0.274. The molecule has 2 heterocycles. The zero-order valence-corrected chi connectivity index (χ0v) is 21.3. The van der Waals surface area contributed by atoms with Crippen LogP contribution in [0.3, 0.4) is 0 Å². The molecule has 204 valence electrons. The van der Waals surface area contributed by atoms with E-state index >= 15 is 0 Å². The number of urea groups is 1. The van der Waals surface area contributed by atoms with E-state index in [0.717, 1.165) is 5.56 Å². The molecule has 0 aliphatic carbocycles. The molecule has 2 amide bonds. The van der Waals surface area contributed by atoms with Crippen LogP contribution in [-0.2, 0) is 0 Å². The fraction of sp³-hybridized carbons (Fsp3) is 0.148. The zero-order valence-electron chi connectivity index (χ0n) is 21.3. The van der Waals surface area contributed by atoms with Gasteiger partial charge < -0.3 is 19.9 Å². The Labute approximate surface area is 226 Å². The lowest BCUT2D eigenvalue weighted by atomic mass is 10.1. The molecule has 13 heteroatoms. The van der Waals surface area contributed by atoms with Gasteiger partial charge in [-0.15, -0.1) is 28.5 Å². The predicted octanol–water partition coefficient (Wildman–Crippen LogP) is 6.32. The van der Waals surface area contributed by atoms with Gasteiger partial charge in [-0.2, -0.15) is 0 Å². The Kier molecular flexibility index (Phi) is 7.19. The average Bonchev–Trinajstić information content (AvgIpc) is 3.60. The van der Waals surface area contributed by atoms with Crippen molar-refractivity contribution >= 4 is 17.4 Å². The lowest BCUT2D eigenvalue weighted by Crippen LogP contribution is -2.20. The van der Waals surface area contributed by atoms with Gasteiger partial charge in [0.25, 0.3) is 0 Å². The first-order valence-electron chi connectivity index (χ1n) is 12.1. The number of anilines is 2. The third-order valence-electron chi connectivity index (χ3n) is 5.77. The van der Waals surface area contributed by atoms with Crippen LogP contribution in [0.5, 0.6) is 5.75 Å².